The molecule has 1 N–H and O–H groups in total. The molecule has 1 aliphatic heterocycles. The molecule has 2 heterocycles. The molecule has 0 bridgehead atoms. The number of nitrogens with one attached hydrogen (secondary N) is 1. The molecule has 5 nitrogen and oxygen atoms in total. The number of carbonyl (C=O) groups excluding carboxylic acids is 1. The first-order valence-corrected chi connectivity index (χ1v) is 10.0. The van der Waals surface area contributed by atoms with E-state index in [1.807, 2.05) is 0 Å². The van der Waals surface area contributed by atoms with Gasteiger partial charge in [-0.05, 0) is 44.0 Å². The van der Waals surface area contributed by atoms with Crippen LogP contribution < -0.4 is 10.2 Å². The lowest BCUT2D eigenvalue weighted by molar-refractivity contribution is -0.141. The summed E-state index contributed by atoms with van der Waals surface area (Å²) in [6.07, 6.45) is -3.30. The third-order valence-corrected chi connectivity index (χ3v) is 5.49. The Labute approximate surface area is 169 Å². The van der Waals surface area contributed by atoms with Crippen molar-refractivity contribution in [1.82, 2.24) is 15.3 Å². The fourth-order valence-corrected chi connectivity index (χ4v) is 3.77. The Morgan fingerprint density at radius 2 is 1.86 bits per heavy atom. The van der Waals surface area contributed by atoms with Crippen molar-refractivity contribution in [2.75, 3.05) is 23.7 Å². The number of anilines is 1. The van der Waals surface area contributed by atoms with Crippen LogP contribution in [0.3, 0.4) is 0 Å². The zero-order valence-electron chi connectivity index (χ0n) is 15.7. The van der Waals surface area contributed by atoms with E-state index < -0.39 is 11.9 Å². The lowest BCUT2D eigenvalue weighted by atomic mass is 10.0. The van der Waals surface area contributed by atoms with Gasteiger partial charge in [-0.15, -0.1) is 11.8 Å². The minimum Gasteiger partial charge on any atom is -0.356 e. The normalized spacial score (nSPS) is 15.4. The molecule has 10 heteroatoms. The van der Waals surface area contributed by atoms with Crippen LogP contribution in [0, 0.1) is 12.7 Å². The molecule has 2 aromatic rings. The van der Waals surface area contributed by atoms with Crippen LogP contribution in [0.5, 0.6) is 0 Å². The Morgan fingerprint density at radius 1 is 1.21 bits per heavy atom. The second kappa shape index (κ2) is 8.98. The summed E-state index contributed by atoms with van der Waals surface area (Å²) in [5, 5.41) is 2.95. The van der Waals surface area contributed by atoms with Gasteiger partial charge in [0, 0.05) is 30.1 Å². The lowest BCUT2D eigenvalue weighted by Gasteiger charge is -2.33. The van der Waals surface area contributed by atoms with Crippen molar-refractivity contribution in [2.45, 2.75) is 36.9 Å². The summed E-state index contributed by atoms with van der Waals surface area (Å²) in [6, 6.07) is 6.84. The average Bonchev–Trinajstić information content (AvgIpc) is 2.67. The second-order valence-electron chi connectivity index (χ2n) is 6.73. The predicted molar refractivity (Wildman–Crippen MR) is 102 cm³/mol. The number of benzene rings is 1. The second-order valence-corrected chi connectivity index (χ2v) is 7.78. The van der Waals surface area contributed by atoms with Gasteiger partial charge < -0.3 is 10.2 Å². The summed E-state index contributed by atoms with van der Waals surface area (Å²) < 4.78 is 51.8. The first-order chi connectivity index (χ1) is 13.7. The van der Waals surface area contributed by atoms with Crippen molar-refractivity contribution in [3.05, 3.63) is 47.7 Å². The van der Waals surface area contributed by atoms with Crippen LogP contribution in [0.4, 0.5) is 23.4 Å². The number of thioether (sulfide) groups is 1. The number of carbonyl (C=O) groups is 1. The van der Waals surface area contributed by atoms with Gasteiger partial charge in [-0.1, -0.05) is 0 Å². The highest BCUT2D eigenvalue weighted by atomic mass is 32.2. The molecule has 0 radical (unpaired) electrons. The van der Waals surface area contributed by atoms with Crippen molar-refractivity contribution in [3.8, 4) is 0 Å². The maximum atomic E-state index is 13.0. The summed E-state index contributed by atoms with van der Waals surface area (Å²) in [7, 11) is 0. The van der Waals surface area contributed by atoms with Gasteiger partial charge in [0.25, 0.3) is 0 Å². The summed E-state index contributed by atoms with van der Waals surface area (Å²) in [4.78, 5) is 22.3. The van der Waals surface area contributed by atoms with E-state index in [2.05, 4.69) is 15.3 Å². The van der Waals surface area contributed by atoms with Crippen LogP contribution in [0.25, 0.3) is 0 Å². The number of amides is 1. The molecule has 29 heavy (non-hydrogen) atoms. The Balaban J connectivity index is 1.49. The van der Waals surface area contributed by atoms with E-state index in [-0.39, 0.29) is 35.2 Å². The molecule has 1 aromatic carbocycles. The largest absolute Gasteiger partial charge is 0.433 e. The number of aromatic nitrogens is 2. The lowest BCUT2D eigenvalue weighted by Crippen LogP contribution is -2.45. The van der Waals surface area contributed by atoms with E-state index >= 15 is 0 Å². The molecule has 1 aromatic heterocycles. The molecule has 1 aliphatic rings. The topological polar surface area (TPSA) is 58.1 Å². The minimum atomic E-state index is -4.52. The zero-order chi connectivity index (χ0) is 21.0. The van der Waals surface area contributed by atoms with Gasteiger partial charge >= 0.3 is 6.18 Å². The third-order valence-electron chi connectivity index (χ3n) is 4.48. The van der Waals surface area contributed by atoms with Gasteiger partial charge in [0.15, 0.2) is 0 Å². The maximum Gasteiger partial charge on any atom is 0.433 e. The van der Waals surface area contributed by atoms with Crippen molar-refractivity contribution in [2.24, 2.45) is 0 Å². The molecule has 0 unspecified atom stereocenters. The molecule has 0 atom stereocenters. The number of rotatable bonds is 5. The third kappa shape index (κ3) is 6.06. The van der Waals surface area contributed by atoms with E-state index in [1.54, 1.807) is 17.0 Å². The van der Waals surface area contributed by atoms with Crippen molar-refractivity contribution in [3.63, 3.8) is 0 Å². The molecular weight excluding hydrogens is 408 g/mol. The fourth-order valence-electron chi connectivity index (χ4n) is 3.06. The van der Waals surface area contributed by atoms with Gasteiger partial charge in [0.1, 0.15) is 23.2 Å². The number of hydrogen-bond acceptors (Lipinski definition) is 5. The van der Waals surface area contributed by atoms with Gasteiger partial charge in [-0.25, -0.2) is 14.4 Å². The summed E-state index contributed by atoms with van der Waals surface area (Å²) in [5.74, 6) is 0.0812. The summed E-state index contributed by atoms with van der Waals surface area (Å²) >= 11 is 1.32. The van der Waals surface area contributed by atoms with Crippen LogP contribution >= 0.6 is 11.8 Å². The van der Waals surface area contributed by atoms with E-state index in [0.29, 0.717) is 25.9 Å². The SMILES string of the molecule is Cc1nc(N2CCC(NC(=O)CSc3ccc(F)cc3)CC2)cc(C(F)(F)F)n1. The highest BCUT2D eigenvalue weighted by molar-refractivity contribution is 8.00. The first-order valence-electron chi connectivity index (χ1n) is 9.06. The van der Waals surface area contributed by atoms with Crippen LogP contribution in [0.1, 0.15) is 24.4 Å². The Morgan fingerprint density at radius 3 is 2.48 bits per heavy atom. The van der Waals surface area contributed by atoms with E-state index in [0.717, 1.165) is 11.0 Å². The molecule has 156 valence electrons. The van der Waals surface area contributed by atoms with Gasteiger partial charge in [-0.2, -0.15) is 13.2 Å². The molecule has 1 fully saturated rings. The number of nitrogens with zero attached hydrogens (tertiary/aromatic N) is 3. The standard InChI is InChI=1S/C19H20F4N4OS/c1-12-24-16(19(21,22)23)10-17(25-12)27-8-6-14(7-9-27)26-18(28)11-29-15-4-2-13(20)3-5-15/h2-5,10,14H,6-9,11H2,1H3,(H,26,28). The van der Waals surface area contributed by atoms with Crippen LogP contribution in [0.2, 0.25) is 0 Å². The Hall–Kier alpha value is -2.36. The smallest absolute Gasteiger partial charge is 0.356 e. The van der Waals surface area contributed by atoms with Crippen LogP contribution in [-0.4, -0.2) is 40.8 Å². The summed E-state index contributed by atoms with van der Waals surface area (Å²) in [5.41, 5.74) is -0.951. The zero-order valence-corrected chi connectivity index (χ0v) is 16.5. The molecule has 0 saturated carbocycles. The predicted octanol–water partition coefficient (Wildman–Crippen LogP) is 3.82. The number of halogens is 4. The van der Waals surface area contributed by atoms with E-state index in [1.165, 1.54) is 30.8 Å². The monoisotopic (exact) mass is 428 g/mol. The number of piperidine rings is 1. The molecule has 1 saturated heterocycles. The molecule has 0 aliphatic carbocycles. The number of hydrogen-bond donors (Lipinski definition) is 1. The molecule has 0 spiro atoms. The highest BCUT2D eigenvalue weighted by Crippen LogP contribution is 2.30. The number of aryl methyl sites for hydroxylation is 1. The number of alkyl halides is 3. The first kappa shape index (κ1) is 21.4. The maximum absolute atomic E-state index is 13.0. The quantitative estimate of drug-likeness (QED) is 0.580. The van der Waals surface area contributed by atoms with E-state index in [9.17, 15) is 22.4 Å². The molecule has 1 amide bonds. The van der Waals surface area contributed by atoms with Crippen LogP contribution in [-0.2, 0) is 11.0 Å². The Kier molecular flexibility index (Phi) is 6.61. The van der Waals surface area contributed by atoms with Crippen molar-refractivity contribution in [1.29, 1.82) is 0 Å². The van der Waals surface area contributed by atoms with Crippen molar-refractivity contribution < 1.29 is 22.4 Å². The Bertz CT molecular complexity index is 852. The highest BCUT2D eigenvalue weighted by Gasteiger charge is 2.34. The minimum absolute atomic E-state index is 0.0439. The van der Waals surface area contributed by atoms with Gasteiger partial charge in [-0.3, -0.25) is 4.79 Å². The molecule has 3 rings (SSSR count). The van der Waals surface area contributed by atoms with Gasteiger partial charge in [0.2, 0.25) is 5.91 Å². The van der Waals surface area contributed by atoms with Gasteiger partial charge in [0.05, 0.1) is 5.75 Å². The fraction of sp³-hybridized carbons (Fsp3) is 0.421. The average molecular weight is 428 g/mol. The van der Waals surface area contributed by atoms with Crippen molar-refractivity contribution >= 4 is 23.5 Å². The van der Waals surface area contributed by atoms with E-state index in [4.69, 9.17) is 0 Å². The summed E-state index contributed by atoms with van der Waals surface area (Å²) in [6.45, 7) is 2.41. The van der Waals surface area contributed by atoms with Crippen LogP contribution in [0.15, 0.2) is 35.2 Å². The molecular formula is C19H20F4N4OS.